The minimum atomic E-state index is 0.368. The van der Waals surface area contributed by atoms with Crippen LogP contribution in [0.3, 0.4) is 0 Å². The molecule has 0 amide bonds. The highest BCUT2D eigenvalue weighted by Gasteiger charge is 2.19. The lowest BCUT2D eigenvalue weighted by Gasteiger charge is -2.19. The van der Waals surface area contributed by atoms with Crippen molar-refractivity contribution < 1.29 is 4.74 Å². The summed E-state index contributed by atoms with van der Waals surface area (Å²) in [7, 11) is 1.62. The van der Waals surface area contributed by atoms with E-state index in [2.05, 4.69) is 20.7 Å². The molecule has 1 aromatic heterocycles. The van der Waals surface area contributed by atoms with Crippen molar-refractivity contribution in [2.45, 2.75) is 25.5 Å². The van der Waals surface area contributed by atoms with E-state index >= 15 is 0 Å². The standard InChI is InChI=1S/C8H15N5O/c1-14-6-13-11-8(10-12-13)7-3-2-4-9-5-7/h7,9H,2-6H2,1H3. The lowest BCUT2D eigenvalue weighted by Crippen LogP contribution is -2.29. The molecule has 6 nitrogen and oxygen atoms in total. The molecule has 1 atom stereocenters. The smallest absolute Gasteiger partial charge is 0.179 e. The molecule has 0 saturated carbocycles. The molecule has 14 heavy (non-hydrogen) atoms. The van der Waals surface area contributed by atoms with Gasteiger partial charge in [0.1, 0.15) is 0 Å². The Kier molecular flexibility index (Phi) is 3.05. The Labute approximate surface area is 82.6 Å². The average Bonchev–Trinajstić information content (AvgIpc) is 2.68. The first-order chi connectivity index (χ1) is 6.90. The van der Waals surface area contributed by atoms with Gasteiger partial charge in [-0.2, -0.15) is 0 Å². The number of nitrogens with zero attached hydrogens (tertiary/aromatic N) is 4. The van der Waals surface area contributed by atoms with Crippen LogP contribution in [-0.2, 0) is 11.5 Å². The molecule has 1 fully saturated rings. The Morgan fingerprint density at radius 2 is 2.57 bits per heavy atom. The summed E-state index contributed by atoms with van der Waals surface area (Å²) in [5.74, 6) is 1.24. The number of hydrogen-bond donors (Lipinski definition) is 1. The average molecular weight is 197 g/mol. The van der Waals surface area contributed by atoms with Crippen molar-refractivity contribution in [1.82, 2.24) is 25.5 Å². The summed E-state index contributed by atoms with van der Waals surface area (Å²) < 4.78 is 4.91. The second-order valence-corrected chi connectivity index (χ2v) is 3.48. The number of aromatic nitrogens is 4. The first kappa shape index (κ1) is 9.54. The van der Waals surface area contributed by atoms with Crippen molar-refractivity contribution in [2.24, 2.45) is 0 Å². The van der Waals surface area contributed by atoms with Crippen molar-refractivity contribution in [3.05, 3.63) is 5.82 Å². The van der Waals surface area contributed by atoms with E-state index in [4.69, 9.17) is 4.74 Å². The molecule has 0 spiro atoms. The Bertz CT molecular complexity index is 281. The number of rotatable bonds is 3. The highest BCUT2D eigenvalue weighted by atomic mass is 16.5. The molecule has 0 radical (unpaired) electrons. The summed E-state index contributed by atoms with van der Waals surface area (Å²) in [4.78, 5) is 1.48. The van der Waals surface area contributed by atoms with E-state index in [1.54, 1.807) is 7.11 Å². The molecule has 78 valence electrons. The number of hydrogen-bond acceptors (Lipinski definition) is 5. The van der Waals surface area contributed by atoms with Gasteiger partial charge in [-0.1, -0.05) is 0 Å². The minimum Gasteiger partial charge on any atom is -0.361 e. The van der Waals surface area contributed by atoms with E-state index < -0.39 is 0 Å². The minimum absolute atomic E-state index is 0.368. The summed E-state index contributed by atoms with van der Waals surface area (Å²) in [6.07, 6.45) is 2.33. The zero-order chi connectivity index (χ0) is 9.80. The Hall–Kier alpha value is -1.01. The normalized spacial score (nSPS) is 22.5. The van der Waals surface area contributed by atoms with Gasteiger partial charge in [0.25, 0.3) is 0 Å². The molecule has 0 aliphatic carbocycles. The first-order valence-corrected chi connectivity index (χ1v) is 4.87. The van der Waals surface area contributed by atoms with Gasteiger partial charge in [0, 0.05) is 19.6 Å². The molecule has 1 aliphatic heterocycles. The van der Waals surface area contributed by atoms with E-state index in [1.807, 2.05) is 0 Å². The summed E-state index contributed by atoms with van der Waals surface area (Å²) in [6.45, 7) is 2.43. The van der Waals surface area contributed by atoms with Crippen molar-refractivity contribution >= 4 is 0 Å². The van der Waals surface area contributed by atoms with Gasteiger partial charge in [-0.3, -0.25) is 0 Å². The molecule has 1 aliphatic rings. The second-order valence-electron chi connectivity index (χ2n) is 3.48. The van der Waals surface area contributed by atoms with Gasteiger partial charge >= 0.3 is 0 Å². The van der Waals surface area contributed by atoms with Gasteiger partial charge < -0.3 is 10.1 Å². The van der Waals surface area contributed by atoms with Gasteiger partial charge in [0.2, 0.25) is 0 Å². The topological polar surface area (TPSA) is 64.9 Å². The first-order valence-electron chi connectivity index (χ1n) is 4.87. The summed E-state index contributed by atoms with van der Waals surface area (Å²) in [5, 5.41) is 15.5. The molecule has 0 aromatic carbocycles. The van der Waals surface area contributed by atoms with Gasteiger partial charge in [0.15, 0.2) is 12.6 Å². The number of nitrogens with one attached hydrogen (secondary N) is 1. The highest BCUT2D eigenvalue weighted by molar-refractivity contribution is 4.94. The summed E-state index contributed by atoms with van der Waals surface area (Å²) in [6, 6.07) is 0. The quantitative estimate of drug-likeness (QED) is 0.723. The third-order valence-corrected chi connectivity index (χ3v) is 2.37. The van der Waals surface area contributed by atoms with Gasteiger partial charge in [0.05, 0.1) is 0 Å². The Morgan fingerprint density at radius 1 is 1.64 bits per heavy atom. The molecule has 1 saturated heterocycles. The van der Waals surface area contributed by atoms with Crippen LogP contribution in [0.25, 0.3) is 0 Å². The predicted molar refractivity (Wildman–Crippen MR) is 49.7 cm³/mol. The molecule has 1 unspecified atom stereocenters. The van der Waals surface area contributed by atoms with Crippen molar-refractivity contribution in [1.29, 1.82) is 0 Å². The van der Waals surface area contributed by atoms with E-state index in [-0.39, 0.29) is 0 Å². The third kappa shape index (κ3) is 2.08. The van der Waals surface area contributed by atoms with E-state index in [0.29, 0.717) is 12.6 Å². The molecule has 1 aromatic rings. The maximum Gasteiger partial charge on any atom is 0.179 e. The van der Waals surface area contributed by atoms with Crippen LogP contribution in [0.2, 0.25) is 0 Å². The Morgan fingerprint density at radius 3 is 3.29 bits per heavy atom. The fraction of sp³-hybridized carbons (Fsp3) is 0.875. The molecular formula is C8H15N5O. The molecular weight excluding hydrogens is 182 g/mol. The summed E-state index contributed by atoms with van der Waals surface area (Å²) in [5.41, 5.74) is 0. The lowest BCUT2D eigenvalue weighted by atomic mass is 9.99. The number of ether oxygens (including phenoxy) is 1. The van der Waals surface area contributed by atoms with Crippen LogP contribution < -0.4 is 5.32 Å². The third-order valence-electron chi connectivity index (χ3n) is 2.37. The zero-order valence-electron chi connectivity index (χ0n) is 8.31. The Balaban J connectivity index is 2.00. The van der Waals surface area contributed by atoms with Crippen LogP contribution in [0.15, 0.2) is 0 Å². The number of piperidine rings is 1. The van der Waals surface area contributed by atoms with Crippen LogP contribution in [0.5, 0.6) is 0 Å². The summed E-state index contributed by atoms with van der Waals surface area (Å²) >= 11 is 0. The van der Waals surface area contributed by atoms with E-state index in [0.717, 1.165) is 25.3 Å². The van der Waals surface area contributed by atoms with Crippen LogP contribution >= 0.6 is 0 Å². The monoisotopic (exact) mass is 197 g/mol. The molecule has 2 rings (SSSR count). The van der Waals surface area contributed by atoms with Crippen LogP contribution in [0.1, 0.15) is 24.6 Å². The second kappa shape index (κ2) is 4.47. The molecule has 1 N–H and O–H groups in total. The van der Waals surface area contributed by atoms with Crippen molar-refractivity contribution in [3.8, 4) is 0 Å². The fourth-order valence-electron chi connectivity index (χ4n) is 1.66. The SMILES string of the molecule is COCn1nnc(C2CCCNC2)n1. The fourth-order valence-corrected chi connectivity index (χ4v) is 1.66. The van der Waals surface area contributed by atoms with Crippen molar-refractivity contribution in [3.63, 3.8) is 0 Å². The van der Waals surface area contributed by atoms with Crippen LogP contribution in [0, 0.1) is 0 Å². The molecule has 2 heterocycles. The van der Waals surface area contributed by atoms with Crippen LogP contribution in [-0.4, -0.2) is 40.4 Å². The predicted octanol–water partition coefficient (Wildman–Crippen LogP) is -0.256. The van der Waals surface area contributed by atoms with Gasteiger partial charge in [-0.15, -0.1) is 15.0 Å². The van der Waals surface area contributed by atoms with Gasteiger partial charge in [-0.25, -0.2) is 0 Å². The zero-order valence-corrected chi connectivity index (χ0v) is 8.31. The van der Waals surface area contributed by atoms with Gasteiger partial charge in [-0.05, 0) is 24.6 Å². The number of methoxy groups -OCH3 is 1. The van der Waals surface area contributed by atoms with E-state index in [9.17, 15) is 0 Å². The lowest BCUT2D eigenvalue weighted by molar-refractivity contribution is 0.106. The highest BCUT2D eigenvalue weighted by Crippen LogP contribution is 2.18. The molecule has 6 heteroatoms. The largest absolute Gasteiger partial charge is 0.361 e. The number of tetrazole rings is 1. The van der Waals surface area contributed by atoms with Crippen molar-refractivity contribution in [2.75, 3.05) is 20.2 Å². The maximum atomic E-state index is 4.91. The van der Waals surface area contributed by atoms with E-state index in [1.165, 1.54) is 11.2 Å². The van der Waals surface area contributed by atoms with Crippen LogP contribution in [0.4, 0.5) is 0 Å². The molecule has 0 bridgehead atoms. The maximum absolute atomic E-state index is 4.91.